The largest absolute Gasteiger partial charge is 0.466 e. The third kappa shape index (κ3) is 3.48. The van der Waals surface area contributed by atoms with Crippen molar-refractivity contribution in [3.05, 3.63) is 35.9 Å². The summed E-state index contributed by atoms with van der Waals surface area (Å²) in [6.45, 7) is 3.00. The fourth-order valence-electron chi connectivity index (χ4n) is 1.81. The average molecular weight is 266 g/mol. The highest BCUT2D eigenvalue weighted by Crippen LogP contribution is 2.26. The van der Waals surface area contributed by atoms with E-state index in [1.165, 1.54) is 5.56 Å². The Labute approximate surface area is 112 Å². The van der Waals surface area contributed by atoms with Crippen LogP contribution in [0.3, 0.4) is 0 Å². The highest BCUT2D eigenvalue weighted by Gasteiger charge is 2.39. The van der Waals surface area contributed by atoms with Gasteiger partial charge in [-0.05, 0) is 12.5 Å². The second-order valence-corrected chi connectivity index (χ2v) is 5.08. The van der Waals surface area contributed by atoms with Gasteiger partial charge in [0.2, 0.25) is 0 Å². The van der Waals surface area contributed by atoms with Gasteiger partial charge in [0, 0.05) is 12.3 Å². The molecule has 0 aromatic heterocycles. The lowest BCUT2D eigenvalue weighted by Crippen LogP contribution is -2.64. The van der Waals surface area contributed by atoms with Crippen LogP contribution in [0.15, 0.2) is 30.3 Å². The van der Waals surface area contributed by atoms with Crippen LogP contribution < -0.4 is 10.0 Å². The molecule has 0 bridgehead atoms. The van der Waals surface area contributed by atoms with Gasteiger partial charge in [0.15, 0.2) is 0 Å². The minimum Gasteiger partial charge on any atom is -0.466 e. The summed E-state index contributed by atoms with van der Waals surface area (Å²) in [6, 6.07) is 10.2. The molecule has 5 heteroatoms. The van der Waals surface area contributed by atoms with Crippen molar-refractivity contribution in [3.8, 4) is 0 Å². The summed E-state index contributed by atoms with van der Waals surface area (Å²) in [5.74, 6) is 0.712. The second kappa shape index (κ2) is 6.22. The third-order valence-corrected chi connectivity index (χ3v) is 3.98. The van der Waals surface area contributed by atoms with Crippen LogP contribution >= 0.6 is 11.9 Å². The standard InChI is InChI=1S/C13H18N2O2S/c1-2-17-12(16)8-13(10-18-15-13)14-9-11-6-4-3-5-7-11/h3-7,14-15H,2,8-10H2,1H3. The Hall–Kier alpha value is -1.04. The molecule has 0 aliphatic carbocycles. The molecule has 1 unspecified atom stereocenters. The molecule has 1 saturated heterocycles. The summed E-state index contributed by atoms with van der Waals surface area (Å²) in [7, 11) is 0. The quantitative estimate of drug-likeness (QED) is 0.606. The number of nitrogens with one attached hydrogen (secondary N) is 2. The molecule has 1 heterocycles. The molecule has 2 N–H and O–H groups in total. The summed E-state index contributed by atoms with van der Waals surface area (Å²) in [5.41, 5.74) is 0.895. The smallest absolute Gasteiger partial charge is 0.309 e. The van der Waals surface area contributed by atoms with Gasteiger partial charge in [-0.25, -0.2) is 4.72 Å². The highest BCUT2D eigenvalue weighted by molar-refractivity contribution is 7.98. The first-order chi connectivity index (χ1) is 8.74. The zero-order valence-electron chi connectivity index (χ0n) is 10.4. The number of carbonyl (C=O) groups is 1. The van der Waals surface area contributed by atoms with Gasteiger partial charge < -0.3 is 4.74 Å². The van der Waals surface area contributed by atoms with Gasteiger partial charge in [-0.3, -0.25) is 10.1 Å². The van der Waals surface area contributed by atoms with E-state index in [1.54, 1.807) is 11.9 Å². The molecule has 18 heavy (non-hydrogen) atoms. The van der Waals surface area contributed by atoms with E-state index in [-0.39, 0.29) is 11.6 Å². The Bertz CT molecular complexity index is 393. The van der Waals surface area contributed by atoms with E-state index in [1.807, 2.05) is 25.1 Å². The van der Waals surface area contributed by atoms with E-state index in [2.05, 4.69) is 22.2 Å². The molecular formula is C13H18N2O2S. The Morgan fingerprint density at radius 2 is 2.22 bits per heavy atom. The molecule has 1 fully saturated rings. The molecule has 0 spiro atoms. The molecule has 1 aliphatic rings. The molecular weight excluding hydrogens is 248 g/mol. The van der Waals surface area contributed by atoms with Crippen molar-refractivity contribution in [3.63, 3.8) is 0 Å². The summed E-state index contributed by atoms with van der Waals surface area (Å²) in [6.07, 6.45) is 0.362. The minimum absolute atomic E-state index is 0.161. The maximum atomic E-state index is 11.6. The van der Waals surface area contributed by atoms with Crippen molar-refractivity contribution in [2.45, 2.75) is 25.6 Å². The molecule has 0 radical (unpaired) electrons. The van der Waals surface area contributed by atoms with Crippen molar-refractivity contribution in [1.82, 2.24) is 10.0 Å². The SMILES string of the molecule is CCOC(=O)CC1(NCc2ccccc2)CSN1. The van der Waals surface area contributed by atoms with Crippen LogP contribution in [0.25, 0.3) is 0 Å². The van der Waals surface area contributed by atoms with Crippen molar-refractivity contribution in [2.75, 3.05) is 12.4 Å². The maximum Gasteiger partial charge on any atom is 0.309 e. The van der Waals surface area contributed by atoms with Crippen molar-refractivity contribution in [2.24, 2.45) is 0 Å². The topological polar surface area (TPSA) is 50.4 Å². The Morgan fingerprint density at radius 3 is 2.78 bits per heavy atom. The fourth-order valence-corrected chi connectivity index (χ4v) is 2.65. The lowest BCUT2D eigenvalue weighted by atomic mass is 10.1. The predicted octanol–water partition coefficient (Wildman–Crippen LogP) is 1.68. The third-order valence-electron chi connectivity index (χ3n) is 2.81. The van der Waals surface area contributed by atoms with Crippen LogP contribution in [0.4, 0.5) is 0 Å². The number of benzene rings is 1. The summed E-state index contributed by atoms with van der Waals surface area (Å²) in [4.78, 5) is 11.6. The number of ether oxygens (including phenoxy) is 1. The van der Waals surface area contributed by atoms with Crippen LogP contribution in [-0.4, -0.2) is 24.0 Å². The Kier molecular flexibility index (Phi) is 4.63. The van der Waals surface area contributed by atoms with E-state index >= 15 is 0 Å². The van der Waals surface area contributed by atoms with Crippen molar-refractivity contribution in [1.29, 1.82) is 0 Å². The van der Waals surface area contributed by atoms with E-state index in [9.17, 15) is 4.79 Å². The lowest BCUT2D eigenvalue weighted by Gasteiger charge is -2.42. The monoisotopic (exact) mass is 266 g/mol. The van der Waals surface area contributed by atoms with Gasteiger partial charge in [-0.1, -0.05) is 42.3 Å². The lowest BCUT2D eigenvalue weighted by molar-refractivity contribution is -0.145. The summed E-state index contributed by atoms with van der Waals surface area (Å²) >= 11 is 1.62. The van der Waals surface area contributed by atoms with E-state index < -0.39 is 0 Å². The van der Waals surface area contributed by atoms with Crippen LogP contribution in [0, 0.1) is 0 Å². The van der Waals surface area contributed by atoms with Crippen LogP contribution in [0.1, 0.15) is 18.9 Å². The molecule has 1 aliphatic heterocycles. The van der Waals surface area contributed by atoms with Crippen LogP contribution in [0.5, 0.6) is 0 Å². The zero-order valence-corrected chi connectivity index (χ0v) is 11.3. The van der Waals surface area contributed by atoms with Gasteiger partial charge in [0.05, 0.1) is 18.7 Å². The molecule has 0 amide bonds. The van der Waals surface area contributed by atoms with Gasteiger partial charge in [-0.15, -0.1) is 0 Å². The first-order valence-corrected chi connectivity index (χ1v) is 7.06. The van der Waals surface area contributed by atoms with Gasteiger partial charge in [0.25, 0.3) is 0 Å². The molecule has 1 aromatic carbocycles. The number of hydrogen-bond acceptors (Lipinski definition) is 5. The molecule has 4 nitrogen and oxygen atoms in total. The van der Waals surface area contributed by atoms with Gasteiger partial charge in [-0.2, -0.15) is 0 Å². The van der Waals surface area contributed by atoms with Gasteiger partial charge >= 0.3 is 5.97 Å². The maximum absolute atomic E-state index is 11.6. The Morgan fingerprint density at radius 1 is 1.50 bits per heavy atom. The minimum atomic E-state index is -0.313. The fraction of sp³-hybridized carbons (Fsp3) is 0.462. The summed E-state index contributed by atoms with van der Waals surface area (Å²) in [5, 5.41) is 3.41. The average Bonchev–Trinajstić information content (AvgIpc) is 2.34. The molecule has 1 atom stereocenters. The van der Waals surface area contributed by atoms with Crippen LogP contribution in [0.2, 0.25) is 0 Å². The Balaban J connectivity index is 1.87. The van der Waals surface area contributed by atoms with Crippen molar-refractivity contribution >= 4 is 17.9 Å². The normalized spacial score (nSPS) is 22.3. The predicted molar refractivity (Wildman–Crippen MR) is 72.9 cm³/mol. The number of hydrogen-bond donors (Lipinski definition) is 2. The first-order valence-electron chi connectivity index (χ1n) is 6.08. The first kappa shape index (κ1) is 13.4. The number of carbonyl (C=O) groups excluding carboxylic acids is 1. The summed E-state index contributed by atoms with van der Waals surface area (Å²) < 4.78 is 8.22. The van der Waals surface area contributed by atoms with E-state index in [0.29, 0.717) is 13.0 Å². The molecule has 2 rings (SSSR count). The molecule has 98 valence electrons. The van der Waals surface area contributed by atoms with Crippen molar-refractivity contribution < 1.29 is 9.53 Å². The highest BCUT2D eigenvalue weighted by atomic mass is 32.2. The zero-order chi connectivity index (χ0) is 12.8. The van der Waals surface area contributed by atoms with E-state index in [0.717, 1.165) is 12.3 Å². The second-order valence-electron chi connectivity index (χ2n) is 4.29. The number of esters is 1. The van der Waals surface area contributed by atoms with E-state index in [4.69, 9.17) is 4.74 Å². The molecule has 1 aromatic rings. The van der Waals surface area contributed by atoms with Gasteiger partial charge in [0.1, 0.15) is 0 Å². The molecule has 0 saturated carbocycles. The van der Waals surface area contributed by atoms with Crippen LogP contribution in [-0.2, 0) is 16.1 Å². The number of rotatable bonds is 6.